The average Bonchev–Trinajstić information content (AvgIpc) is 3.22. The molecule has 2 amide bonds. The fourth-order valence-electron chi connectivity index (χ4n) is 3.47. The fourth-order valence-corrected chi connectivity index (χ4v) is 3.47. The summed E-state index contributed by atoms with van der Waals surface area (Å²) in [6, 6.07) is 14.8. The van der Waals surface area contributed by atoms with Crippen LogP contribution in [0.3, 0.4) is 0 Å². The van der Waals surface area contributed by atoms with Crippen LogP contribution in [0.4, 0.5) is 5.69 Å². The summed E-state index contributed by atoms with van der Waals surface area (Å²) in [5.74, 6) is 6.60. The number of para-hydroxylation sites is 1. The third-order valence-electron chi connectivity index (χ3n) is 5.02. The number of furan rings is 1. The normalized spacial score (nSPS) is 13.6. The van der Waals surface area contributed by atoms with Gasteiger partial charge in [-0.3, -0.25) is 9.59 Å². The molecule has 1 aromatic heterocycles. The minimum atomic E-state index is -0.332. The van der Waals surface area contributed by atoms with Crippen LogP contribution in [0.2, 0.25) is 0 Å². The quantitative estimate of drug-likeness (QED) is 0.675. The molecule has 152 valence electrons. The van der Waals surface area contributed by atoms with E-state index in [0.717, 1.165) is 36.0 Å². The molecule has 0 saturated carbocycles. The van der Waals surface area contributed by atoms with Crippen molar-refractivity contribution in [2.75, 3.05) is 25.1 Å². The number of hydrogen-bond donors (Lipinski definition) is 1. The molecule has 3 aromatic rings. The van der Waals surface area contributed by atoms with Gasteiger partial charge >= 0.3 is 0 Å². The molecule has 2 aromatic carbocycles. The summed E-state index contributed by atoms with van der Waals surface area (Å²) in [4.78, 5) is 26.2. The van der Waals surface area contributed by atoms with Crippen LogP contribution in [-0.2, 0) is 4.79 Å². The predicted molar refractivity (Wildman–Crippen MR) is 115 cm³/mol. The molecule has 0 spiro atoms. The lowest BCUT2D eigenvalue weighted by molar-refractivity contribution is -0.119. The van der Waals surface area contributed by atoms with Gasteiger partial charge in [-0.2, -0.15) is 0 Å². The monoisotopic (exact) mass is 402 g/mol. The van der Waals surface area contributed by atoms with Gasteiger partial charge in [0.1, 0.15) is 0 Å². The number of fused-ring (bicyclic) bond motifs is 1. The van der Waals surface area contributed by atoms with E-state index in [0.29, 0.717) is 17.8 Å². The van der Waals surface area contributed by atoms with Gasteiger partial charge in [0.05, 0.1) is 13.7 Å². The second-order valence-corrected chi connectivity index (χ2v) is 7.02. The van der Waals surface area contributed by atoms with E-state index >= 15 is 0 Å². The van der Waals surface area contributed by atoms with E-state index in [2.05, 4.69) is 17.2 Å². The molecular weight excluding hydrogens is 380 g/mol. The molecule has 1 aliphatic rings. The van der Waals surface area contributed by atoms with Crippen LogP contribution in [0, 0.1) is 11.8 Å². The molecule has 0 bridgehead atoms. The van der Waals surface area contributed by atoms with Crippen molar-refractivity contribution in [3.05, 3.63) is 59.9 Å². The highest BCUT2D eigenvalue weighted by Crippen LogP contribution is 2.28. The maximum Gasteiger partial charge on any atom is 0.287 e. The van der Waals surface area contributed by atoms with Crippen LogP contribution in [0.1, 0.15) is 35.4 Å². The third kappa shape index (κ3) is 4.15. The second-order valence-electron chi connectivity index (χ2n) is 7.02. The van der Waals surface area contributed by atoms with E-state index in [1.54, 1.807) is 19.2 Å². The van der Waals surface area contributed by atoms with E-state index in [4.69, 9.17) is 9.15 Å². The molecular formula is C24H22N2O4. The van der Waals surface area contributed by atoms with E-state index < -0.39 is 0 Å². The van der Waals surface area contributed by atoms with E-state index in [-0.39, 0.29) is 24.1 Å². The van der Waals surface area contributed by atoms with Crippen LogP contribution in [0.25, 0.3) is 11.0 Å². The number of nitrogens with one attached hydrogen (secondary N) is 1. The third-order valence-corrected chi connectivity index (χ3v) is 5.02. The number of nitrogens with zero attached hydrogens (tertiary/aromatic N) is 1. The van der Waals surface area contributed by atoms with Gasteiger partial charge in [0, 0.05) is 29.6 Å². The van der Waals surface area contributed by atoms with Gasteiger partial charge < -0.3 is 19.4 Å². The lowest BCUT2D eigenvalue weighted by Gasteiger charge is -2.26. The molecule has 0 unspecified atom stereocenters. The number of methoxy groups -OCH3 is 1. The van der Waals surface area contributed by atoms with Crippen LogP contribution < -0.4 is 15.0 Å². The summed E-state index contributed by atoms with van der Waals surface area (Å²) in [6.07, 6.45) is 2.61. The zero-order valence-electron chi connectivity index (χ0n) is 16.7. The van der Waals surface area contributed by atoms with Gasteiger partial charge in [-0.15, -0.1) is 0 Å². The molecule has 0 atom stereocenters. The van der Waals surface area contributed by atoms with Crippen molar-refractivity contribution in [3.63, 3.8) is 0 Å². The summed E-state index contributed by atoms with van der Waals surface area (Å²) < 4.78 is 10.9. The average molecular weight is 402 g/mol. The first-order valence-electron chi connectivity index (χ1n) is 9.90. The van der Waals surface area contributed by atoms with Crippen molar-refractivity contribution in [1.29, 1.82) is 0 Å². The first-order chi connectivity index (χ1) is 14.7. The predicted octanol–water partition coefficient (Wildman–Crippen LogP) is 3.74. The largest absolute Gasteiger partial charge is 0.493 e. The molecule has 1 N–H and O–H groups in total. The summed E-state index contributed by atoms with van der Waals surface area (Å²) in [6.45, 7) is 0.961. The van der Waals surface area contributed by atoms with Gasteiger partial charge in [0.15, 0.2) is 17.1 Å². The number of piperidine rings is 1. The summed E-state index contributed by atoms with van der Waals surface area (Å²) in [5.41, 5.74) is 2.27. The number of amides is 2. The van der Waals surface area contributed by atoms with Crippen molar-refractivity contribution in [1.82, 2.24) is 5.32 Å². The summed E-state index contributed by atoms with van der Waals surface area (Å²) >= 11 is 0. The number of hydrogen-bond acceptors (Lipinski definition) is 4. The van der Waals surface area contributed by atoms with E-state index in [9.17, 15) is 9.59 Å². The molecule has 2 heterocycles. The Kier molecular flexibility index (Phi) is 5.71. The summed E-state index contributed by atoms with van der Waals surface area (Å²) in [5, 5.41) is 3.54. The number of carbonyl (C=O) groups excluding carboxylic acids is 2. The molecule has 1 saturated heterocycles. The van der Waals surface area contributed by atoms with Gasteiger partial charge in [0.25, 0.3) is 5.91 Å². The highest BCUT2D eigenvalue weighted by molar-refractivity contribution is 5.97. The van der Waals surface area contributed by atoms with Crippen LogP contribution in [-0.4, -0.2) is 32.0 Å². The Morgan fingerprint density at radius 1 is 1.20 bits per heavy atom. The van der Waals surface area contributed by atoms with Gasteiger partial charge in [-0.25, -0.2) is 0 Å². The number of rotatable bonds is 4. The smallest absolute Gasteiger partial charge is 0.287 e. The maximum atomic E-state index is 12.3. The molecule has 6 nitrogen and oxygen atoms in total. The number of benzene rings is 2. The Balaban J connectivity index is 1.36. The zero-order valence-corrected chi connectivity index (χ0v) is 16.7. The minimum absolute atomic E-state index is 0.172. The Bertz CT molecular complexity index is 1140. The van der Waals surface area contributed by atoms with Gasteiger partial charge in [-0.05, 0) is 49.2 Å². The SMILES string of the molecule is COc1cccc2cc(C(=O)NCC#Cc3ccc(N4CCCCC4=O)cc3)oc12. The molecule has 1 aliphatic heterocycles. The van der Waals surface area contributed by atoms with Crippen LogP contribution in [0.15, 0.2) is 52.9 Å². The number of carbonyl (C=O) groups is 2. The number of anilines is 1. The lowest BCUT2D eigenvalue weighted by atomic mass is 10.1. The fraction of sp³-hybridized carbons (Fsp3) is 0.250. The zero-order chi connectivity index (χ0) is 20.9. The Labute approximate surface area is 174 Å². The van der Waals surface area contributed by atoms with E-state index in [1.807, 2.05) is 41.3 Å². The molecule has 6 heteroatoms. The van der Waals surface area contributed by atoms with Gasteiger partial charge in [0.2, 0.25) is 5.91 Å². The van der Waals surface area contributed by atoms with Crippen molar-refractivity contribution >= 4 is 28.5 Å². The second kappa shape index (κ2) is 8.75. The molecule has 0 radical (unpaired) electrons. The Hall–Kier alpha value is -3.72. The van der Waals surface area contributed by atoms with Crippen molar-refractivity contribution in [2.45, 2.75) is 19.3 Å². The first kappa shape index (κ1) is 19.6. The minimum Gasteiger partial charge on any atom is -0.493 e. The molecule has 4 rings (SSSR count). The highest BCUT2D eigenvalue weighted by Gasteiger charge is 2.19. The summed E-state index contributed by atoms with van der Waals surface area (Å²) in [7, 11) is 1.56. The van der Waals surface area contributed by atoms with E-state index in [1.165, 1.54) is 0 Å². The Morgan fingerprint density at radius 3 is 2.80 bits per heavy atom. The maximum absolute atomic E-state index is 12.3. The molecule has 1 fully saturated rings. The van der Waals surface area contributed by atoms with Crippen molar-refractivity contribution < 1.29 is 18.7 Å². The standard InChI is InChI=1S/C24H22N2O4/c1-29-20-8-4-7-18-16-21(30-23(18)20)24(28)25-14-5-6-17-10-12-19(13-11-17)26-15-3-2-9-22(26)27/h4,7-8,10-13,16H,2-3,9,14-15H2,1H3,(H,25,28). The number of ether oxygens (including phenoxy) is 1. The highest BCUT2D eigenvalue weighted by atomic mass is 16.5. The Morgan fingerprint density at radius 2 is 2.03 bits per heavy atom. The van der Waals surface area contributed by atoms with Crippen molar-refractivity contribution in [2.24, 2.45) is 0 Å². The molecule has 30 heavy (non-hydrogen) atoms. The first-order valence-corrected chi connectivity index (χ1v) is 9.90. The topological polar surface area (TPSA) is 71.8 Å². The van der Waals surface area contributed by atoms with Crippen LogP contribution >= 0.6 is 0 Å². The lowest BCUT2D eigenvalue weighted by Crippen LogP contribution is -2.35. The van der Waals surface area contributed by atoms with Crippen LogP contribution in [0.5, 0.6) is 5.75 Å². The van der Waals surface area contributed by atoms with Crippen molar-refractivity contribution in [3.8, 4) is 17.6 Å². The van der Waals surface area contributed by atoms with Gasteiger partial charge in [-0.1, -0.05) is 24.0 Å². The molecule has 0 aliphatic carbocycles.